The van der Waals surface area contributed by atoms with Crippen LogP contribution in [0.2, 0.25) is 0 Å². The zero-order valence-corrected chi connectivity index (χ0v) is 31.6. The summed E-state index contributed by atoms with van der Waals surface area (Å²) in [6.07, 6.45) is 6.88. The van der Waals surface area contributed by atoms with Gasteiger partial charge in [0.2, 0.25) is 5.91 Å². The number of cyclic esters (lactones) is 1. The molecule has 0 spiro atoms. The summed E-state index contributed by atoms with van der Waals surface area (Å²) in [5.74, 6) is -2.61. The Morgan fingerprint density at radius 3 is 2.57 bits per heavy atom. The first-order chi connectivity index (χ1) is 25.5. The van der Waals surface area contributed by atoms with Crippen molar-refractivity contribution in [3.05, 3.63) is 47.8 Å². The Labute approximate surface area is 312 Å². The van der Waals surface area contributed by atoms with E-state index in [4.69, 9.17) is 14.3 Å². The molecule has 1 aromatic carbocycles. The molecule has 0 saturated carbocycles. The van der Waals surface area contributed by atoms with Crippen LogP contribution < -0.4 is 16.1 Å². The molecule has 4 heterocycles. The first-order valence-electron chi connectivity index (χ1n) is 18.9. The number of amides is 3. The molecule has 14 heteroatoms. The van der Waals surface area contributed by atoms with Gasteiger partial charge in [0.1, 0.15) is 18.7 Å². The van der Waals surface area contributed by atoms with Crippen molar-refractivity contribution in [1.82, 2.24) is 31.0 Å². The number of carbonyl (C=O) groups is 4. The molecule has 14 nitrogen and oxygen atoms in total. The Balaban J connectivity index is 1.36. The molecule has 1 aromatic heterocycles. The molecule has 3 aliphatic heterocycles. The smallest absolute Gasteiger partial charge is 0.310 e. The Bertz CT molecular complexity index is 1660. The fraction of sp³-hybridized carbons (Fsp3) is 0.590. The lowest BCUT2D eigenvalue weighted by atomic mass is 9.97. The van der Waals surface area contributed by atoms with Gasteiger partial charge in [0.05, 0.1) is 36.6 Å². The number of nitrogens with zero attached hydrogens (tertiary/aromatic N) is 4. The van der Waals surface area contributed by atoms with Crippen LogP contribution in [0, 0.1) is 11.8 Å². The molecule has 288 valence electrons. The van der Waals surface area contributed by atoms with E-state index < -0.39 is 36.0 Å². The molecule has 5 bridgehead atoms. The predicted molar refractivity (Wildman–Crippen MR) is 201 cm³/mol. The SMILES string of the molecule is CC(CC[C@@H]1C/C=C/c2cc3cc(ccc3cn2)[C@@H](C)NC(=O)[C@@H]2CCCN(N2)C(=O)[C@H](C)NC(=O)[C@H](C(C)C)OC1=O)=NOCCN1CCOCC1. The van der Waals surface area contributed by atoms with Crippen LogP contribution in [-0.2, 0) is 33.5 Å². The topological polar surface area (TPSA) is 164 Å². The molecule has 0 radical (unpaired) electrons. The Hall–Kier alpha value is -4.40. The number of hydrazine groups is 1. The number of fused-ring (bicyclic) bond motifs is 4. The molecule has 3 N–H and O–H groups in total. The molecular formula is C39H55N7O7. The van der Waals surface area contributed by atoms with E-state index >= 15 is 0 Å². The van der Waals surface area contributed by atoms with Crippen LogP contribution in [-0.4, -0.2) is 108 Å². The van der Waals surface area contributed by atoms with E-state index in [0.717, 1.165) is 60.6 Å². The number of allylic oxidation sites excluding steroid dienone is 1. The highest BCUT2D eigenvalue weighted by molar-refractivity contribution is 5.91. The van der Waals surface area contributed by atoms with Crippen molar-refractivity contribution in [2.24, 2.45) is 17.0 Å². The summed E-state index contributed by atoms with van der Waals surface area (Å²) in [6.45, 7) is 13.8. The maximum absolute atomic E-state index is 13.8. The number of nitrogens with one attached hydrogen (secondary N) is 3. The van der Waals surface area contributed by atoms with Crippen LogP contribution in [0.15, 0.2) is 41.7 Å². The zero-order valence-electron chi connectivity index (χ0n) is 31.6. The minimum Gasteiger partial charge on any atom is -0.452 e. The third-order valence-corrected chi connectivity index (χ3v) is 9.95. The van der Waals surface area contributed by atoms with Gasteiger partial charge in [0.15, 0.2) is 6.10 Å². The van der Waals surface area contributed by atoms with Crippen molar-refractivity contribution >= 4 is 46.3 Å². The van der Waals surface area contributed by atoms with Crippen molar-refractivity contribution < 1.29 is 33.5 Å². The van der Waals surface area contributed by atoms with Crippen LogP contribution in [0.3, 0.4) is 0 Å². The van der Waals surface area contributed by atoms with Crippen LogP contribution >= 0.6 is 0 Å². The summed E-state index contributed by atoms with van der Waals surface area (Å²) in [4.78, 5) is 66.6. The van der Waals surface area contributed by atoms with Gasteiger partial charge in [-0.1, -0.05) is 37.2 Å². The highest BCUT2D eigenvalue weighted by Gasteiger charge is 2.35. The standard InChI is InChI=1S/C39H55N7O7/c1-25(2)35-37(48)42-28(5)38(49)46-15-7-10-34(43-46)36(47)41-27(4)30-13-14-31-24-40-33(23-32(31)22-30)9-6-8-29(39(50)53-35)12-11-26(3)44-52-21-18-45-16-19-51-20-17-45/h6,9,13-14,22-25,27-29,34-35,43H,7-8,10-12,15-21H2,1-5H3,(H,41,47)(H,42,48)/b9-6+,44-26?/t27-,28+,29+,34+,35+/m1/s1. The van der Waals surface area contributed by atoms with E-state index in [1.165, 1.54) is 5.01 Å². The Morgan fingerprint density at radius 2 is 1.79 bits per heavy atom. The van der Waals surface area contributed by atoms with Crippen molar-refractivity contribution in [3.8, 4) is 0 Å². The maximum atomic E-state index is 13.8. The second kappa shape index (κ2) is 19.1. The van der Waals surface area contributed by atoms with Gasteiger partial charge >= 0.3 is 5.97 Å². The number of carbonyl (C=O) groups excluding carboxylic acids is 4. The van der Waals surface area contributed by atoms with Crippen LogP contribution in [0.4, 0.5) is 0 Å². The summed E-state index contributed by atoms with van der Waals surface area (Å²) in [7, 11) is 0. The molecular weight excluding hydrogens is 678 g/mol. The lowest BCUT2D eigenvalue weighted by molar-refractivity contribution is -0.163. The van der Waals surface area contributed by atoms with E-state index in [0.29, 0.717) is 45.3 Å². The van der Waals surface area contributed by atoms with Gasteiger partial charge in [0.25, 0.3) is 11.8 Å². The summed E-state index contributed by atoms with van der Waals surface area (Å²) < 4.78 is 11.3. The number of rotatable bonds is 8. The van der Waals surface area contributed by atoms with Crippen LogP contribution in [0.25, 0.3) is 16.8 Å². The van der Waals surface area contributed by atoms with E-state index in [9.17, 15) is 19.2 Å². The quantitative estimate of drug-likeness (QED) is 0.158. The van der Waals surface area contributed by atoms with Gasteiger partial charge in [-0.2, -0.15) is 0 Å². The highest BCUT2D eigenvalue weighted by Crippen LogP contribution is 2.23. The summed E-state index contributed by atoms with van der Waals surface area (Å²) in [6, 6.07) is 6.13. The number of esters is 1. The average Bonchev–Trinajstić information content (AvgIpc) is 3.15. The lowest BCUT2D eigenvalue weighted by Crippen LogP contribution is -2.61. The van der Waals surface area contributed by atoms with Crippen molar-refractivity contribution in [2.45, 2.75) is 91.0 Å². The van der Waals surface area contributed by atoms with Gasteiger partial charge in [-0.25, -0.2) is 5.43 Å². The first-order valence-corrected chi connectivity index (χ1v) is 18.9. The molecule has 53 heavy (non-hydrogen) atoms. The number of hydrogen-bond donors (Lipinski definition) is 3. The summed E-state index contributed by atoms with van der Waals surface area (Å²) >= 11 is 0. The first kappa shape index (κ1) is 39.8. The third-order valence-electron chi connectivity index (χ3n) is 9.95. The molecule has 5 atom stereocenters. The minimum atomic E-state index is -1.12. The Kier molecular flexibility index (Phi) is 14.3. The second-order valence-corrected chi connectivity index (χ2v) is 14.6. The predicted octanol–water partition coefficient (Wildman–Crippen LogP) is 3.52. The average molecular weight is 734 g/mol. The lowest BCUT2D eigenvalue weighted by Gasteiger charge is -2.35. The third kappa shape index (κ3) is 11.3. The van der Waals surface area contributed by atoms with Crippen molar-refractivity contribution in [2.75, 3.05) is 46.0 Å². The largest absolute Gasteiger partial charge is 0.452 e. The molecule has 3 amide bonds. The van der Waals surface area contributed by atoms with Crippen molar-refractivity contribution in [3.63, 3.8) is 0 Å². The van der Waals surface area contributed by atoms with Gasteiger partial charge < -0.3 is 24.9 Å². The summed E-state index contributed by atoms with van der Waals surface area (Å²) in [5.41, 5.74) is 5.46. The number of benzene rings is 1. The fourth-order valence-corrected chi connectivity index (χ4v) is 6.64. The monoisotopic (exact) mass is 733 g/mol. The van der Waals surface area contributed by atoms with Crippen LogP contribution in [0.5, 0.6) is 0 Å². The number of hydrogen-bond acceptors (Lipinski definition) is 11. The normalized spacial score (nSPS) is 26.5. The summed E-state index contributed by atoms with van der Waals surface area (Å²) in [5, 5.41) is 13.4. The Morgan fingerprint density at radius 1 is 1.02 bits per heavy atom. The molecule has 3 aliphatic rings. The molecule has 0 unspecified atom stereocenters. The van der Waals surface area contributed by atoms with E-state index in [1.807, 2.05) is 50.3 Å². The minimum absolute atomic E-state index is 0.216. The second-order valence-electron chi connectivity index (χ2n) is 14.6. The number of ether oxygens (including phenoxy) is 2. The fourth-order valence-electron chi connectivity index (χ4n) is 6.64. The molecule has 2 aromatic rings. The van der Waals surface area contributed by atoms with Gasteiger partial charge in [-0.15, -0.1) is 0 Å². The number of aromatic nitrogens is 1. The zero-order chi connectivity index (χ0) is 37.9. The highest BCUT2D eigenvalue weighted by atomic mass is 16.6. The van der Waals surface area contributed by atoms with Gasteiger partial charge in [-0.3, -0.25) is 34.1 Å². The van der Waals surface area contributed by atoms with E-state index in [-0.39, 0.29) is 23.8 Å². The van der Waals surface area contributed by atoms with E-state index in [2.05, 4.69) is 31.1 Å². The number of pyridine rings is 1. The molecule has 5 rings (SSSR count). The van der Waals surface area contributed by atoms with Crippen molar-refractivity contribution in [1.29, 1.82) is 0 Å². The molecule has 2 fully saturated rings. The van der Waals surface area contributed by atoms with Gasteiger partial charge in [-0.05, 0) is 88.0 Å². The van der Waals surface area contributed by atoms with Gasteiger partial charge in [0, 0.05) is 37.8 Å². The maximum Gasteiger partial charge on any atom is 0.310 e. The number of oxime groups is 1. The molecule has 0 aliphatic carbocycles. The number of morpholine rings is 1. The molecule has 2 saturated heterocycles. The van der Waals surface area contributed by atoms with Crippen LogP contribution in [0.1, 0.15) is 84.0 Å². The van der Waals surface area contributed by atoms with E-state index in [1.54, 1.807) is 27.0 Å².